The van der Waals surface area contributed by atoms with Gasteiger partial charge in [-0.05, 0) is 6.92 Å². The molecule has 0 saturated carbocycles. The van der Waals surface area contributed by atoms with Crippen LogP contribution in [0.3, 0.4) is 0 Å². The van der Waals surface area contributed by atoms with Gasteiger partial charge in [0.1, 0.15) is 5.78 Å². The van der Waals surface area contributed by atoms with E-state index in [-0.39, 0.29) is 0 Å². The smallest absolute Gasteiger partial charge is 0.327 e. The molecule has 0 aromatic heterocycles. The molecular weight excluding hydrogens is 204 g/mol. The van der Waals surface area contributed by atoms with Crippen molar-refractivity contribution in [2.24, 2.45) is 5.92 Å². The lowest BCUT2D eigenvalue weighted by Crippen LogP contribution is -2.34. The van der Waals surface area contributed by atoms with Crippen LogP contribution in [0.1, 0.15) is 13.3 Å². The first-order valence-electron chi connectivity index (χ1n) is 4.11. The lowest BCUT2D eigenvalue weighted by atomic mass is 10.0. The number of ketones is 2. The van der Waals surface area contributed by atoms with Gasteiger partial charge in [0, 0.05) is 0 Å². The third kappa shape index (κ3) is 3.88. The summed E-state index contributed by atoms with van der Waals surface area (Å²) in [6.45, 7) is 1.18. The highest BCUT2D eigenvalue weighted by molar-refractivity contribution is 6.18. The van der Waals surface area contributed by atoms with Gasteiger partial charge in [-0.2, -0.15) is 0 Å². The predicted octanol–water partition coefficient (Wildman–Crippen LogP) is -0.503. The van der Waals surface area contributed by atoms with E-state index < -0.39 is 35.8 Å². The minimum absolute atomic E-state index is 0.433. The van der Waals surface area contributed by atoms with Gasteiger partial charge in [-0.3, -0.25) is 19.2 Å². The van der Waals surface area contributed by atoms with Gasteiger partial charge in [-0.25, -0.2) is 0 Å². The average molecular weight is 216 g/mol. The summed E-state index contributed by atoms with van der Waals surface area (Å²) in [5.41, 5.74) is 0. The van der Waals surface area contributed by atoms with Crippen molar-refractivity contribution in [1.29, 1.82) is 0 Å². The third-order valence-corrected chi connectivity index (χ3v) is 1.62. The van der Waals surface area contributed by atoms with Gasteiger partial charge >= 0.3 is 11.9 Å². The lowest BCUT2D eigenvalue weighted by molar-refractivity contribution is -0.161. The normalized spacial score (nSPS) is 9.60. The van der Waals surface area contributed by atoms with Crippen molar-refractivity contribution in [3.63, 3.8) is 0 Å². The Morgan fingerprint density at radius 2 is 1.40 bits per heavy atom. The van der Waals surface area contributed by atoms with Crippen molar-refractivity contribution in [3.8, 4) is 0 Å². The fourth-order valence-electron chi connectivity index (χ4n) is 0.942. The monoisotopic (exact) mass is 216 g/mol. The number of carbonyl (C=O) groups is 4. The molecular formula is C9H12O6. The van der Waals surface area contributed by atoms with E-state index in [4.69, 9.17) is 0 Å². The Morgan fingerprint density at radius 1 is 1.00 bits per heavy atom. The molecule has 0 rings (SSSR count). The van der Waals surface area contributed by atoms with Crippen LogP contribution in [0.4, 0.5) is 0 Å². The number of Topliss-reactive ketones (excluding diaryl/α,β-unsaturated/α-hetero) is 2. The molecule has 0 aliphatic carbocycles. The highest BCUT2D eigenvalue weighted by atomic mass is 16.5. The summed E-state index contributed by atoms with van der Waals surface area (Å²) in [4.78, 5) is 44.1. The number of methoxy groups -OCH3 is 2. The first-order valence-corrected chi connectivity index (χ1v) is 4.11. The van der Waals surface area contributed by atoms with Crippen LogP contribution in [0.5, 0.6) is 0 Å². The number of hydrogen-bond donors (Lipinski definition) is 0. The number of esters is 2. The topological polar surface area (TPSA) is 86.7 Å². The molecule has 0 unspecified atom stereocenters. The summed E-state index contributed by atoms with van der Waals surface area (Å²) < 4.78 is 8.53. The zero-order valence-corrected chi connectivity index (χ0v) is 8.73. The van der Waals surface area contributed by atoms with Crippen molar-refractivity contribution in [3.05, 3.63) is 0 Å². The van der Waals surface area contributed by atoms with Crippen LogP contribution < -0.4 is 0 Å². The fourth-order valence-corrected chi connectivity index (χ4v) is 0.942. The standard InChI is InChI=1S/C9H12O6/c1-5(10)4-6(11)7(8(12)14-2)9(13)15-3/h7H,4H2,1-3H3. The molecule has 0 bridgehead atoms. The van der Waals surface area contributed by atoms with Crippen molar-refractivity contribution in [1.82, 2.24) is 0 Å². The molecule has 0 N–H and O–H groups in total. The van der Waals surface area contributed by atoms with Crippen LogP contribution in [0.15, 0.2) is 0 Å². The summed E-state index contributed by atoms with van der Waals surface area (Å²) in [6.07, 6.45) is -0.491. The second-order valence-corrected chi connectivity index (χ2v) is 2.82. The molecule has 0 aromatic rings. The van der Waals surface area contributed by atoms with Gasteiger partial charge in [0.2, 0.25) is 5.92 Å². The van der Waals surface area contributed by atoms with E-state index >= 15 is 0 Å². The van der Waals surface area contributed by atoms with E-state index in [2.05, 4.69) is 9.47 Å². The summed E-state index contributed by atoms with van der Waals surface area (Å²) in [5, 5.41) is 0. The third-order valence-electron chi connectivity index (χ3n) is 1.62. The van der Waals surface area contributed by atoms with E-state index in [1.807, 2.05) is 0 Å². The van der Waals surface area contributed by atoms with Crippen LogP contribution in [0.25, 0.3) is 0 Å². The maximum absolute atomic E-state index is 11.3. The van der Waals surface area contributed by atoms with Crippen molar-refractivity contribution in [2.75, 3.05) is 14.2 Å². The Bertz CT molecular complexity index is 277. The number of ether oxygens (including phenoxy) is 2. The lowest BCUT2D eigenvalue weighted by Gasteiger charge is -2.09. The summed E-state index contributed by atoms with van der Waals surface area (Å²) in [7, 11) is 2.08. The zero-order chi connectivity index (χ0) is 12.0. The Balaban J connectivity index is 4.78. The van der Waals surface area contributed by atoms with E-state index in [0.717, 1.165) is 14.2 Å². The fraction of sp³-hybridized carbons (Fsp3) is 0.556. The Hall–Kier alpha value is -1.72. The molecule has 84 valence electrons. The van der Waals surface area contributed by atoms with Crippen molar-refractivity contribution < 1.29 is 28.7 Å². The average Bonchev–Trinajstić information content (AvgIpc) is 2.16. The van der Waals surface area contributed by atoms with Crippen LogP contribution >= 0.6 is 0 Å². The van der Waals surface area contributed by atoms with Gasteiger partial charge in [-0.1, -0.05) is 0 Å². The second-order valence-electron chi connectivity index (χ2n) is 2.82. The minimum Gasteiger partial charge on any atom is -0.468 e. The molecule has 0 heterocycles. The van der Waals surface area contributed by atoms with Crippen molar-refractivity contribution in [2.45, 2.75) is 13.3 Å². The Morgan fingerprint density at radius 3 is 1.67 bits per heavy atom. The molecule has 6 nitrogen and oxygen atoms in total. The summed E-state index contributed by atoms with van der Waals surface area (Å²) in [6, 6.07) is 0. The largest absolute Gasteiger partial charge is 0.468 e. The van der Waals surface area contributed by atoms with Gasteiger partial charge < -0.3 is 9.47 Å². The quantitative estimate of drug-likeness (QED) is 0.454. The van der Waals surface area contributed by atoms with Crippen LogP contribution in [0, 0.1) is 5.92 Å². The number of hydrogen-bond acceptors (Lipinski definition) is 6. The summed E-state index contributed by atoms with van der Waals surface area (Å²) in [5.74, 6) is -4.95. The molecule has 0 fully saturated rings. The molecule has 0 aliphatic rings. The van der Waals surface area contributed by atoms with E-state index in [0.29, 0.717) is 0 Å². The van der Waals surface area contributed by atoms with Gasteiger partial charge in [0.25, 0.3) is 0 Å². The molecule has 0 spiro atoms. The molecule has 0 radical (unpaired) electrons. The number of carbonyl (C=O) groups excluding carboxylic acids is 4. The van der Waals surface area contributed by atoms with E-state index in [1.165, 1.54) is 6.92 Å². The Labute approximate surface area is 86.5 Å². The van der Waals surface area contributed by atoms with Crippen LogP contribution in [-0.4, -0.2) is 37.7 Å². The highest BCUT2D eigenvalue weighted by Crippen LogP contribution is 2.07. The molecule has 6 heteroatoms. The SMILES string of the molecule is COC(=O)C(C(=O)CC(C)=O)C(=O)OC. The van der Waals surface area contributed by atoms with Crippen molar-refractivity contribution >= 4 is 23.5 Å². The zero-order valence-electron chi connectivity index (χ0n) is 8.73. The second kappa shape index (κ2) is 5.90. The first-order chi connectivity index (χ1) is 6.93. The minimum atomic E-state index is -1.66. The number of rotatable bonds is 5. The van der Waals surface area contributed by atoms with Gasteiger partial charge in [0.05, 0.1) is 20.6 Å². The highest BCUT2D eigenvalue weighted by Gasteiger charge is 2.36. The first kappa shape index (κ1) is 13.3. The van der Waals surface area contributed by atoms with Gasteiger partial charge in [-0.15, -0.1) is 0 Å². The molecule has 0 aromatic carbocycles. The predicted molar refractivity (Wildman–Crippen MR) is 47.8 cm³/mol. The Kier molecular flexibility index (Phi) is 5.22. The van der Waals surface area contributed by atoms with E-state index in [9.17, 15) is 19.2 Å². The molecule has 0 atom stereocenters. The molecule has 0 amide bonds. The van der Waals surface area contributed by atoms with Gasteiger partial charge in [0.15, 0.2) is 5.78 Å². The van der Waals surface area contributed by atoms with Crippen LogP contribution in [-0.2, 0) is 28.7 Å². The summed E-state index contributed by atoms with van der Waals surface area (Å²) >= 11 is 0. The molecule has 0 saturated heterocycles. The maximum atomic E-state index is 11.3. The van der Waals surface area contributed by atoms with E-state index in [1.54, 1.807) is 0 Å². The maximum Gasteiger partial charge on any atom is 0.327 e. The van der Waals surface area contributed by atoms with Crippen LogP contribution in [0.2, 0.25) is 0 Å². The molecule has 0 aliphatic heterocycles. The molecule has 15 heavy (non-hydrogen) atoms.